The number of fused-ring (bicyclic) bond motifs is 2. The topological polar surface area (TPSA) is 125 Å². The third kappa shape index (κ3) is 3.51. The molecule has 1 aliphatic carbocycles. The number of nitrogens with zero attached hydrogens (tertiary/aromatic N) is 4. The highest BCUT2D eigenvalue weighted by molar-refractivity contribution is 5.92. The van der Waals surface area contributed by atoms with Gasteiger partial charge in [0.05, 0.1) is 18.3 Å². The predicted molar refractivity (Wildman–Crippen MR) is 120 cm³/mol. The van der Waals surface area contributed by atoms with Gasteiger partial charge in [-0.3, -0.25) is 9.59 Å². The molecule has 1 aromatic heterocycles. The van der Waals surface area contributed by atoms with Gasteiger partial charge >= 0.3 is 0 Å². The number of carbonyl (C=O) groups is 2. The summed E-state index contributed by atoms with van der Waals surface area (Å²) in [5, 5.41) is 22.4. The van der Waals surface area contributed by atoms with Crippen LogP contribution < -0.4 is 11.1 Å². The summed E-state index contributed by atoms with van der Waals surface area (Å²) in [6.45, 7) is 10.5. The number of hydrogen-bond acceptors (Lipinski definition) is 6. The van der Waals surface area contributed by atoms with Gasteiger partial charge in [-0.25, -0.2) is 0 Å². The van der Waals surface area contributed by atoms with Crippen LogP contribution >= 0.6 is 0 Å². The van der Waals surface area contributed by atoms with Crippen LogP contribution in [0.5, 0.6) is 0 Å². The van der Waals surface area contributed by atoms with Gasteiger partial charge in [-0.05, 0) is 22.7 Å². The van der Waals surface area contributed by atoms with Crippen LogP contribution in [0.3, 0.4) is 0 Å². The van der Waals surface area contributed by atoms with Crippen LogP contribution in [0.15, 0.2) is 30.5 Å². The van der Waals surface area contributed by atoms with E-state index in [4.69, 9.17) is 5.73 Å². The van der Waals surface area contributed by atoms with Gasteiger partial charge in [0, 0.05) is 17.3 Å². The van der Waals surface area contributed by atoms with Gasteiger partial charge in [0.1, 0.15) is 11.7 Å². The molecule has 168 valence electrons. The van der Waals surface area contributed by atoms with Gasteiger partial charge in [-0.1, -0.05) is 58.9 Å². The second-order valence-corrected chi connectivity index (χ2v) is 10.6. The molecule has 32 heavy (non-hydrogen) atoms. The zero-order valence-electron chi connectivity index (χ0n) is 19.2. The van der Waals surface area contributed by atoms with Crippen LogP contribution in [-0.4, -0.2) is 45.5 Å². The number of nitrogens with two attached hydrogens (primary N) is 1. The Balaban J connectivity index is 1.62. The van der Waals surface area contributed by atoms with Crippen molar-refractivity contribution < 1.29 is 9.59 Å². The molecule has 1 unspecified atom stereocenters. The first-order valence-corrected chi connectivity index (χ1v) is 10.9. The van der Waals surface area contributed by atoms with Crippen LogP contribution in [-0.2, 0) is 9.59 Å². The molecule has 2 fully saturated rings. The smallest absolute Gasteiger partial charge is 0.244 e. The molecule has 0 spiro atoms. The van der Waals surface area contributed by atoms with E-state index in [1.807, 2.05) is 45.0 Å². The van der Waals surface area contributed by atoms with E-state index in [9.17, 15) is 14.9 Å². The maximum Gasteiger partial charge on any atom is 0.244 e. The number of aromatic nitrogens is 2. The quantitative estimate of drug-likeness (QED) is 0.760. The van der Waals surface area contributed by atoms with Crippen LogP contribution in [0.25, 0.3) is 10.8 Å². The van der Waals surface area contributed by atoms with E-state index in [0.717, 1.165) is 10.8 Å². The lowest BCUT2D eigenvalue weighted by Crippen LogP contribution is -2.57. The van der Waals surface area contributed by atoms with Crippen LogP contribution in [0.2, 0.25) is 0 Å². The summed E-state index contributed by atoms with van der Waals surface area (Å²) in [5.41, 5.74) is 6.19. The van der Waals surface area contributed by atoms with Crippen LogP contribution in [0, 0.1) is 34.0 Å². The number of hydrogen-bond donors (Lipinski definition) is 2. The molecule has 2 heterocycles. The molecule has 5 atom stereocenters. The highest BCUT2D eigenvalue weighted by Crippen LogP contribution is 2.65. The van der Waals surface area contributed by atoms with Gasteiger partial charge in [0.25, 0.3) is 0 Å². The summed E-state index contributed by atoms with van der Waals surface area (Å²) >= 11 is 0. The lowest BCUT2D eigenvalue weighted by molar-refractivity contribution is -0.143. The monoisotopic (exact) mass is 434 g/mol. The summed E-state index contributed by atoms with van der Waals surface area (Å²) in [7, 11) is 0. The number of piperidine rings is 1. The molecule has 2 aliphatic rings. The molecular formula is C24H30N6O2. The number of likely N-dealkylation sites (tertiary alicyclic amines) is 1. The summed E-state index contributed by atoms with van der Waals surface area (Å²) in [6.07, 6.45) is 1.62. The normalized spacial score (nSPS) is 25.5. The Kier molecular flexibility index (Phi) is 5.21. The van der Waals surface area contributed by atoms with Gasteiger partial charge in [-0.15, -0.1) is 0 Å². The van der Waals surface area contributed by atoms with Crippen molar-refractivity contribution in [1.82, 2.24) is 20.4 Å². The lowest BCUT2D eigenvalue weighted by atomic mass is 9.86. The van der Waals surface area contributed by atoms with Gasteiger partial charge in [-0.2, -0.15) is 15.5 Å². The van der Waals surface area contributed by atoms with Crippen molar-refractivity contribution in [3.8, 4) is 6.07 Å². The Bertz CT molecular complexity index is 1110. The number of nitriles is 1. The fourth-order valence-corrected chi connectivity index (χ4v) is 5.01. The Morgan fingerprint density at radius 2 is 2.00 bits per heavy atom. The number of nitrogens with one attached hydrogen (secondary N) is 1. The first-order chi connectivity index (χ1) is 15.0. The van der Waals surface area contributed by atoms with E-state index in [-0.39, 0.29) is 29.1 Å². The van der Waals surface area contributed by atoms with Crippen molar-refractivity contribution in [1.29, 1.82) is 5.26 Å². The number of amides is 2. The minimum Gasteiger partial charge on any atom is -0.333 e. The van der Waals surface area contributed by atoms with E-state index >= 15 is 0 Å². The fourth-order valence-electron chi connectivity index (χ4n) is 5.01. The molecule has 1 saturated carbocycles. The number of benzene rings is 1. The van der Waals surface area contributed by atoms with Gasteiger partial charge in [0.2, 0.25) is 11.8 Å². The molecule has 2 aromatic rings. The molecule has 1 aromatic carbocycles. The summed E-state index contributed by atoms with van der Waals surface area (Å²) in [5.74, 6) is -0.290. The Labute approximate surface area is 188 Å². The van der Waals surface area contributed by atoms with Gasteiger partial charge < -0.3 is 16.0 Å². The second kappa shape index (κ2) is 7.52. The van der Waals surface area contributed by atoms with Crippen molar-refractivity contribution in [3.63, 3.8) is 0 Å². The average Bonchev–Trinajstić information content (AvgIpc) is 3.10. The maximum atomic E-state index is 13.5. The zero-order chi connectivity index (χ0) is 23.4. The molecule has 4 rings (SSSR count). The minimum atomic E-state index is -0.977. The lowest BCUT2D eigenvalue weighted by Gasteiger charge is -2.35. The summed E-state index contributed by atoms with van der Waals surface area (Å²) in [6, 6.07) is 7.26. The number of rotatable bonds is 4. The van der Waals surface area contributed by atoms with Crippen molar-refractivity contribution >= 4 is 22.6 Å². The van der Waals surface area contributed by atoms with Crippen molar-refractivity contribution in [3.05, 3.63) is 36.2 Å². The standard InChI is InChI=1S/C24H30N6O2/c1-23(2,3)20(26)22(32)30-12-15-17(24(15,4)5)19(30)21(31)28-16(10-25)18-14-9-7-6-8-13(14)11-27-29-18/h6-9,11,15-17,19-20H,12,26H2,1-5H3,(H,28,31)/t15-,16?,17-,19-,20+/m0/s1. The third-order valence-corrected chi connectivity index (χ3v) is 7.25. The maximum absolute atomic E-state index is 13.5. The predicted octanol–water partition coefficient (Wildman–Crippen LogP) is 2.17. The summed E-state index contributed by atoms with van der Waals surface area (Å²) in [4.78, 5) is 28.3. The average molecular weight is 435 g/mol. The van der Waals surface area contributed by atoms with Crippen molar-refractivity contribution in [2.45, 2.75) is 52.7 Å². The Morgan fingerprint density at radius 3 is 2.66 bits per heavy atom. The molecule has 1 saturated heterocycles. The van der Waals surface area contributed by atoms with Gasteiger partial charge in [0.15, 0.2) is 6.04 Å². The van der Waals surface area contributed by atoms with E-state index in [1.54, 1.807) is 11.1 Å². The third-order valence-electron chi connectivity index (χ3n) is 7.25. The molecule has 2 amide bonds. The molecule has 0 radical (unpaired) electrons. The molecule has 8 nitrogen and oxygen atoms in total. The second-order valence-electron chi connectivity index (χ2n) is 10.6. The molecule has 8 heteroatoms. The zero-order valence-corrected chi connectivity index (χ0v) is 19.2. The van der Waals surface area contributed by atoms with E-state index in [0.29, 0.717) is 12.2 Å². The van der Waals surface area contributed by atoms with Crippen LogP contribution in [0.4, 0.5) is 0 Å². The molecular weight excluding hydrogens is 404 g/mol. The summed E-state index contributed by atoms with van der Waals surface area (Å²) < 4.78 is 0. The van der Waals surface area contributed by atoms with Crippen molar-refractivity contribution in [2.24, 2.45) is 28.4 Å². The Hall–Kier alpha value is -3.05. The van der Waals surface area contributed by atoms with E-state index in [1.165, 1.54) is 0 Å². The molecule has 3 N–H and O–H groups in total. The highest BCUT2D eigenvalue weighted by atomic mass is 16.2. The first-order valence-electron chi connectivity index (χ1n) is 10.9. The van der Waals surface area contributed by atoms with E-state index < -0.39 is 23.5 Å². The number of carbonyl (C=O) groups excluding carboxylic acids is 2. The molecule has 0 bridgehead atoms. The Morgan fingerprint density at radius 1 is 1.31 bits per heavy atom. The highest BCUT2D eigenvalue weighted by Gasteiger charge is 2.69. The minimum absolute atomic E-state index is 0.0357. The largest absolute Gasteiger partial charge is 0.333 e. The van der Waals surface area contributed by atoms with Crippen molar-refractivity contribution in [2.75, 3.05) is 6.54 Å². The van der Waals surface area contributed by atoms with Crippen LogP contribution in [0.1, 0.15) is 46.4 Å². The first kappa shape index (κ1) is 22.2. The van der Waals surface area contributed by atoms with E-state index in [2.05, 4.69) is 35.4 Å². The fraction of sp³-hybridized carbons (Fsp3) is 0.542. The molecule has 1 aliphatic heterocycles. The SMILES string of the molecule is CC(C)(C)[C@H](N)C(=O)N1C[C@H]2[C@@H]([C@H]1C(=O)NC(C#N)c1nncc3ccccc13)C2(C)C.